The van der Waals surface area contributed by atoms with Crippen molar-refractivity contribution in [1.82, 2.24) is 5.32 Å². The SMILES string of the molecule is CC(C)(CNCCCS)C1CCC1. The van der Waals surface area contributed by atoms with Gasteiger partial charge in [0, 0.05) is 6.54 Å². The van der Waals surface area contributed by atoms with Crippen molar-refractivity contribution in [2.45, 2.75) is 39.5 Å². The summed E-state index contributed by atoms with van der Waals surface area (Å²) in [6, 6.07) is 0. The first kappa shape index (κ1) is 11.4. The van der Waals surface area contributed by atoms with Gasteiger partial charge in [0.15, 0.2) is 0 Å². The molecule has 0 heterocycles. The van der Waals surface area contributed by atoms with Gasteiger partial charge in [0.2, 0.25) is 0 Å². The average molecular weight is 201 g/mol. The predicted octanol–water partition coefficient (Wildman–Crippen LogP) is 2.72. The molecule has 0 spiro atoms. The molecule has 0 bridgehead atoms. The molecule has 1 nitrogen and oxygen atoms in total. The minimum Gasteiger partial charge on any atom is -0.316 e. The molecular weight excluding hydrogens is 178 g/mol. The van der Waals surface area contributed by atoms with Crippen LogP contribution < -0.4 is 5.32 Å². The Hall–Kier alpha value is 0.310. The van der Waals surface area contributed by atoms with Gasteiger partial charge < -0.3 is 5.32 Å². The van der Waals surface area contributed by atoms with Crippen molar-refractivity contribution in [1.29, 1.82) is 0 Å². The summed E-state index contributed by atoms with van der Waals surface area (Å²) in [5, 5.41) is 3.53. The van der Waals surface area contributed by atoms with Gasteiger partial charge >= 0.3 is 0 Å². The van der Waals surface area contributed by atoms with E-state index in [1.807, 2.05) is 0 Å². The van der Waals surface area contributed by atoms with E-state index in [4.69, 9.17) is 0 Å². The predicted molar refractivity (Wildman–Crippen MR) is 62.5 cm³/mol. The normalized spacial score (nSPS) is 18.7. The summed E-state index contributed by atoms with van der Waals surface area (Å²) in [6.07, 6.45) is 5.52. The number of hydrogen-bond acceptors (Lipinski definition) is 2. The highest BCUT2D eigenvalue weighted by molar-refractivity contribution is 7.80. The highest BCUT2D eigenvalue weighted by Gasteiger charge is 2.33. The first-order valence-corrected chi connectivity index (χ1v) is 6.11. The molecule has 0 radical (unpaired) electrons. The maximum absolute atomic E-state index is 4.20. The summed E-state index contributed by atoms with van der Waals surface area (Å²) in [6.45, 7) is 7.08. The van der Waals surface area contributed by atoms with Crippen molar-refractivity contribution >= 4 is 12.6 Å². The lowest BCUT2D eigenvalue weighted by atomic mass is 9.67. The molecule has 0 aliphatic heterocycles. The third kappa shape index (κ3) is 3.51. The van der Waals surface area contributed by atoms with Gasteiger partial charge in [-0.15, -0.1) is 0 Å². The zero-order chi connectivity index (χ0) is 9.73. The van der Waals surface area contributed by atoms with E-state index in [0.717, 1.165) is 18.2 Å². The van der Waals surface area contributed by atoms with Crippen LogP contribution in [0.3, 0.4) is 0 Å². The van der Waals surface area contributed by atoms with Gasteiger partial charge in [-0.3, -0.25) is 0 Å². The summed E-state index contributed by atoms with van der Waals surface area (Å²) >= 11 is 4.20. The van der Waals surface area contributed by atoms with Crippen molar-refractivity contribution < 1.29 is 0 Å². The molecule has 1 saturated carbocycles. The standard InChI is InChI=1S/C11H23NS/c1-11(2,10-5-3-6-10)9-12-7-4-8-13/h10,12-13H,3-9H2,1-2H3. The van der Waals surface area contributed by atoms with Gasteiger partial charge in [-0.1, -0.05) is 20.3 Å². The van der Waals surface area contributed by atoms with Crippen LogP contribution >= 0.6 is 12.6 Å². The molecule has 1 N–H and O–H groups in total. The number of rotatable bonds is 6. The zero-order valence-corrected chi connectivity index (χ0v) is 9.87. The smallest absolute Gasteiger partial charge is 0.000517 e. The molecule has 1 aliphatic carbocycles. The Balaban J connectivity index is 2.10. The Morgan fingerprint density at radius 3 is 2.54 bits per heavy atom. The summed E-state index contributed by atoms with van der Waals surface area (Å²) in [5.74, 6) is 1.97. The van der Waals surface area contributed by atoms with E-state index in [0.29, 0.717) is 5.41 Å². The van der Waals surface area contributed by atoms with E-state index in [9.17, 15) is 0 Å². The van der Waals surface area contributed by atoms with Gasteiger partial charge in [0.25, 0.3) is 0 Å². The first-order valence-electron chi connectivity index (χ1n) is 5.48. The maximum atomic E-state index is 4.20. The van der Waals surface area contributed by atoms with Crippen molar-refractivity contribution in [2.75, 3.05) is 18.8 Å². The molecule has 1 fully saturated rings. The van der Waals surface area contributed by atoms with Crippen LogP contribution in [0.4, 0.5) is 0 Å². The van der Waals surface area contributed by atoms with Crippen LogP contribution in [0, 0.1) is 11.3 Å². The van der Waals surface area contributed by atoms with E-state index >= 15 is 0 Å². The molecule has 0 atom stereocenters. The summed E-state index contributed by atoms with van der Waals surface area (Å²) in [5.41, 5.74) is 0.509. The number of hydrogen-bond donors (Lipinski definition) is 2. The van der Waals surface area contributed by atoms with E-state index in [1.54, 1.807) is 0 Å². The molecule has 1 rings (SSSR count). The average Bonchev–Trinajstić information content (AvgIpc) is 1.93. The molecular formula is C11H23NS. The highest BCUT2D eigenvalue weighted by atomic mass is 32.1. The fraction of sp³-hybridized carbons (Fsp3) is 1.00. The van der Waals surface area contributed by atoms with E-state index in [-0.39, 0.29) is 0 Å². The van der Waals surface area contributed by atoms with Crippen LogP contribution in [0.25, 0.3) is 0 Å². The Bertz CT molecular complexity index is 141. The van der Waals surface area contributed by atoms with Crippen molar-refractivity contribution in [2.24, 2.45) is 11.3 Å². The minimum atomic E-state index is 0.509. The fourth-order valence-corrected chi connectivity index (χ4v) is 2.11. The topological polar surface area (TPSA) is 12.0 Å². The second kappa shape index (κ2) is 5.26. The third-order valence-electron chi connectivity index (χ3n) is 3.30. The molecule has 0 aromatic heterocycles. The number of nitrogens with one attached hydrogen (secondary N) is 1. The molecule has 1 aliphatic rings. The van der Waals surface area contributed by atoms with Gasteiger partial charge in [-0.2, -0.15) is 12.6 Å². The van der Waals surface area contributed by atoms with E-state index in [2.05, 4.69) is 31.8 Å². The molecule has 0 aromatic carbocycles. The van der Waals surface area contributed by atoms with Crippen molar-refractivity contribution in [3.8, 4) is 0 Å². The lowest BCUT2D eigenvalue weighted by molar-refractivity contribution is 0.119. The Morgan fingerprint density at radius 2 is 2.08 bits per heavy atom. The Labute approximate surface area is 88.1 Å². The summed E-state index contributed by atoms with van der Waals surface area (Å²) < 4.78 is 0. The van der Waals surface area contributed by atoms with Crippen LogP contribution in [0.15, 0.2) is 0 Å². The Morgan fingerprint density at radius 1 is 1.38 bits per heavy atom. The summed E-state index contributed by atoms with van der Waals surface area (Å²) in [7, 11) is 0. The first-order chi connectivity index (χ1) is 6.17. The maximum Gasteiger partial charge on any atom is 0.000517 e. The molecule has 0 amide bonds. The van der Waals surface area contributed by atoms with Crippen molar-refractivity contribution in [3.05, 3.63) is 0 Å². The largest absolute Gasteiger partial charge is 0.316 e. The van der Waals surface area contributed by atoms with Crippen LogP contribution in [0.1, 0.15) is 39.5 Å². The van der Waals surface area contributed by atoms with Crippen LogP contribution in [0.5, 0.6) is 0 Å². The van der Waals surface area contributed by atoms with Gasteiger partial charge in [0.05, 0.1) is 0 Å². The zero-order valence-electron chi connectivity index (χ0n) is 8.97. The molecule has 2 heteroatoms. The van der Waals surface area contributed by atoms with Gasteiger partial charge in [0.1, 0.15) is 0 Å². The van der Waals surface area contributed by atoms with Gasteiger partial charge in [-0.05, 0) is 42.9 Å². The monoisotopic (exact) mass is 201 g/mol. The molecule has 13 heavy (non-hydrogen) atoms. The second-order valence-corrected chi connectivity index (χ2v) is 5.32. The third-order valence-corrected chi connectivity index (χ3v) is 3.62. The van der Waals surface area contributed by atoms with Gasteiger partial charge in [-0.25, -0.2) is 0 Å². The lowest BCUT2D eigenvalue weighted by Gasteiger charge is -2.40. The van der Waals surface area contributed by atoms with Crippen molar-refractivity contribution in [3.63, 3.8) is 0 Å². The summed E-state index contributed by atoms with van der Waals surface area (Å²) in [4.78, 5) is 0. The number of thiol groups is 1. The lowest BCUT2D eigenvalue weighted by Crippen LogP contribution is -2.39. The van der Waals surface area contributed by atoms with Crippen LogP contribution in [-0.2, 0) is 0 Å². The highest BCUT2D eigenvalue weighted by Crippen LogP contribution is 2.41. The van der Waals surface area contributed by atoms with Crippen LogP contribution in [0.2, 0.25) is 0 Å². The fourth-order valence-electron chi connectivity index (χ4n) is 1.95. The Kier molecular flexibility index (Phi) is 4.60. The molecule has 0 saturated heterocycles. The van der Waals surface area contributed by atoms with Crippen LogP contribution in [-0.4, -0.2) is 18.8 Å². The quantitative estimate of drug-likeness (QED) is 0.497. The van der Waals surface area contributed by atoms with E-state index in [1.165, 1.54) is 32.2 Å². The molecule has 0 unspecified atom stereocenters. The molecule has 0 aromatic rings. The van der Waals surface area contributed by atoms with E-state index < -0.39 is 0 Å². The second-order valence-electron chi connectivity index (χ2n) is 4.87. The molecule has 78 valence electrons. The minimum absolute atomic E-state index is 0.509.